The molecular formula is C14H16ClNO3S2. The van der Waals surface area contributed by atoms with Gasteiger partial charge in [0.25, 0.3) is 0 Å². The molecule has 0 spiro atoms. The van der Waals surface area contributed by atoms with Crippen LogP contribution in [0.15, 0.2) is 35.2 Å². The second-order valence-corrected chi connectivity index (χ2v) is 7.88. The molecule has 1 heterocycles. The summed E-state index contributed by atoms with van der Waals surface area (Å²) >= 11 is 7.52. The molecule has 114 valence electrons. The Kier molecular flexibility index (Phi) is 5.40. The van der Waals surface area contributed by atoms with Gasteiger partial charge >= 0.3 is 0 Å². The maximum Gasteiger partial charge on any atom is 0.240 e. The van der Waals surface area contributed by atoms with E-state index < -0.39 is 10.0 Å². The highest BCUT2D eigenvalue weighted by molar-refractivity contribution is 7.89. The van der Waals surface area contributed by atoms with Crippen molar-refractivity contribution in [2.24, 2.45) is 0 Å². The van der Waals surface area contributed by atoms with Gasteiger partial charge in [-0.1, -0.05) is 24.6 Å². The molecule has 1 aromatic carbocycles. The molecule has 0 amide bonds. The minimum Gasteiger partial charge on any atom is -0.392 e. The highest BCUT2D eigenvalue weighted by atomic mass is 35.5. The van der Waals surface area contributed by atoms with E-state index >= 15 is 0 Å². The summed E-state index contributed by atoms with van der Waals surface area (Å²) < 4.78 is 27.0. The van der Waals surface area contributed by atoms with Gasteiger partial charge in [-0.25, -0.2) is 13.1 Å². The van der Waals surface area contributed by atoms with Crippen LogP contribution in [0.3, 0.4) is 0 Å². The molecule has 0 saturated heterocycles. The van der Waals surface area contributed by atoms with Gasteiger partial charge in [-0.05, 0) is 36.2 Å². The maximum atomic E-state index is 12.2. The van der Waals surface area contributed by atoms with E-state index in [2.05, 4.69) is 11.6 Å². The topological polar surface area (TPSA) is 66.4 Å². The fraction of sp³-hybridized carbons (Fsp3) is 0.286. The molecule has 0 radical (unpaired) electrons. The van der Waals surface area contributed by atoms with E-state index in [4.69, 9.17) is 16.7 Å². The number of thiophene rings is 1. The summed E-state index contributed by atoms with van der Waals surface area (Å²) in [5, 5.41) is 9.28. The van der Waals surface area contributed by atoms with Crippen LogP contribution in [-0.4, -0.2) is 13.5 Å². The highest BCUT2D eigenvalue weighted by Crippen LogP contribution is 2.22. The first-order chi connectivity index (χ1) is 9.96. The predicted molar refractivity (Wildman–Crippen MR) is 85.1 cm³/mol. The van der Waals surface area contributed by atoms with Crippen LogP contribution in [0.1, 0.15) is 22.2 Å². The number of hydrogen-bond donors (Lipinski definition) is 2. The van der Waals surface area contributed by atoms with Crippen molar-refractivity contribution in [3.8, 4) is 0 Å². The van der Waals surface area contributed by atoms with Crippen LogP contribution in [0.2, 0.25) is 5.02 Å². The van der Waals surface area contributed by atoms with Crippen molar-refractivity contribution in [1.29, 1.82) is 0 Å². The number of nitrogens with one attached hydrogen (secondary N) is 1. The summed E-state index contributed by atoms with van der Waals surface area (Å²) in [5.74, 6) is 0. The van der Waals surface area contributed by atoms with Gasteiger partial charge in [0.2, 0.25) is 10.0 Å². The van der Waals surface area contributed by atoms with Gasteiger partial charge in [0.15, 0.2) is 0 Å². The average molecular weight is 346 g/mol. The number of rotatable bonds is 6. The zero-order chi connectivity index (χ0) is 15.5. The van der Waals surface area contributed by atoms with Crippen LogP contribution in [0.25, 0.3) is 0 Å². The highest BCUT2D eigenvalue weighted by Gasteiger charge is 2.15. The first-order valence-electron chi connectivity index (χ1n) is 6.43. The minimum atomic E-state index is -3.61. The zero-order valence-electron chi connectivity index (χ0n) is 11.5. The van der Waals surface area contributed by atoms with Gasteiger partial charge in [0.05, 0.1) is 11.5 Å². The normalized spacial score (nSPS) is 11.8. The van der Waals surface area contributed by atoms with E-state index in [1.165, 1.54) is 23.1 Å². The third-order valence-electron chi connectivity index (χ3n) is 3.01. The average Bonchev–Trinajstić information content (AvgIpc) is 2.93. The Morgan fingerprint density at radius 1 is 1.24 bits per heavy atom. The summed E-state index contributed by atoms with van der Waals surface area (Å²) in [4.78, 5) is 2.28. The Balaban J connectivity index is 2.12. The summed E-state index contributed by atoms with van der Waals surface area (Å²) in [6.07, 6.45) is 0.940. The van der Waals surface area contributed by atoms with Crippen molar-refractivity contribution in [2.45, 2.75) is 31.4 Å². The lowest BCUT2D eigenvalue weighted by Gasteiger charge is -2.08. The van der Waals surface area contributed by atoms with Crippen LogP contribution in [0.5, 0.6) is 0 Å². The SMILES string of the molecule is CCc1ccc(CNS(=O)(=O)c2ccc(CO)c(Cl)c2)s1. The van der Waals surface area contributed by atoms with E-state index in [1.807, 2.05) is 12.1 Å². The number of benzene rings is 1. The molecule has 4 nitrogen and oxygen atoms in total. The van der Waals surface area contributed by atoms with E-state index in [-0.39, 0.29) is 23.1 Å². The summed E-state index contributed by atoms with van der Waals surface area (Å²) in [6, 6.07) is 8.22. The van der Waals surface area contributed by atoms with E-state index in [0.717, 1.165) is 11.3 Å². The van der Waals surface area contributed by atoms with E-state index in [1.54, 1.807) is 11.3 Å². The van der Waals surface area contributed by atoms with Gasteiger partial charge in [0.1, 0.15) is 0 Å². The van der Waals surface area contributed by atoms with Crippen LogP contribution in [0, 0.1) is 0 Å². The molecule has 0 bridgehead atoms. The summed E-state index contributed by atoms with van der Waals surface area (Å²) in [7, 11) is -3.61. The van der Waals surface area contributed by atoms with Crippen molar-refractivity contribution in [1.82, 2.24) is 4.72 Å². The number of aliphatic hydroxyl groups is 1. The van der Waals surface area contributed by atoms with Crippen molar-refractivity contribution in [3.05, 3.63) is 50.7 Å². The Hall–Kier alpha value is -0.920. The van der Waals surface area contributed by atoms with Crippen molar-refractivity contribution in [3.63, 3.8) is 0 Å². The molecule has 0 aliphatic carbocycles. The molecule has 1 aromatic heterocycles. The molecule has 0 unspecified atom stereocenters. The maximum absolute atomic E-state index is 12.2. The quantitative estimate of drug-likeness (QED) is 0.846. The molecule has 2 N–H and O–H groups in total. The second-order valence-electron chi connectivity index (χ2n) is 4.46. The number of aliphatic hydroxyl groups excluding tert-OH is 1. The number of halogens is 1. The molecule has 7 heteroatoms. The Morgan fingerprint density at radius 3 is 2.52 bits per heavy atom. The lowest BCUT2D eigenvalue weighted by molar-refractivity contribution is 0.282. The lowest BCUT2D eigenvalue weighted by atomic mass is 10.2. The molecular weight excluding hydrogens is 330 g/mol. The molecule has 0 atom stereocenters. The van der Waals surface area contributed by atoms with Gasteiger partial charge in [-0.3, -0.25) is 0 Å². The van der Waals surface area contributed by atoms with Crippen LogP contribution < -0.4 is 4.72 Å². The monoisotopic (exact) mass is 345 g/mol. The molecule has 0 fully saturated rings. The molecule has 21 heavy (non-hydrogen) atoms. The Morgan fingerprint density at radius 2 is 1.95 bits per heavy atom. The first-order valence-corrected chi connectivity index (χ1v) is 9.10. The smallest absolute Gasteiger partial charge is 0.240 e. The van der Waals surface area contributed by atoms with Crippen LogP contribution in [0.4, 0.5) is 0 Å². The van der Waals surface area contributed by atoms with Gasteiger partial charge < -0.3 is 5.11 Å². The molecule has 0 saturated carbocycles. The van der Waals surface area contributed by atoms with Crippen molar-refractivity contribution < 1.29 is 13.5 Å². The molecule has 0 aliphatic heterocycles. The van der Waals surface area contributed by atoms with E-state index in [9.17, 15) is 8.42 Å². The number of aryl methyl sites for hydroxylation is 1. The summed E-state index contributed by atoms with van der Waals surface area (Å²) in [5.41, 5.74) is 0.501. The standard InChI is InChI=1S/C14H16ClNO3S2/c1-2-11-4-5-12(20-11)8-16-21(18,19)13-6-3-10(9-17)14(15)7-13/h3-7,16-17H,2,8-9H2,1H3. The predicted octanol–water partition coefficient (Wildman–Crippen LogP) is 2.93. The summed E-state index contributed by atoms with van der Waals surface area (Å²) in [6.45, 7) is 2.10. The van der Waals surface area contributed by atoms with E-state index in [0.29, 0.717) is 5.56 Å². The fourth-order valence-corrected chi connectivity index (χ4v) is 4.11. The third kappa shape index (κ3) is 4.05. The minimum absolute atomic E-state index is 0.0944. The number of hydrogen-bond acceptors (Lipinski definition) is 4. The fourth-order valence-electron chi connectivity index (χ4n) is 1.78. The molecule has 2 rings (SSSR count). The van der Waals surface area contributed by atoms with Crippen LogP contribution >= 0.6 is 22.9 Å². The lowest BCUT2D eigenvalue weighted by Crippen LogP contribution is -2.22. The Bertz CT molecular complexity index is 726. The Labute approximate surface area is 133 Å². The zero-order valence-corrected chi connectivity index (χ0v) is 13.9. The number of sulfonamides is 1. The van der Waals surface area contributed by atoms with Gasteiger partial charge in [-0.2, -0.15) is 0 Å². The largest absolute Gasteiger partial charge is 0.392 e. The van der Waals surface area contributed by atoms with Gasteiger partial charge in [0, 0.05) is 21.3 Å². The second kappa shape index (κ2) is 6.89. The first kappa shape index (κ1) is 16.5. The molecule has 0 aliphatic rings. The molecule has 2 aromatic rings. The van der Waals surface area contributed by atoms with Crippen molar-refractivity contribution >= 4 is 33.0 Å². The van der Waals surface area contributed by atoms with Gasteiger partial charge in [-0.15, -0.1) is 11.3 Å². The van der Waals surface area contributed by atoms with Crippen molar-refractivity contribution in [2.75, 3.05) is 0 Å². The third-order valence-corrected chi connectivity index (χ3v) is 5.99. The van der Waals surface area contributed by atoms with Crippen LogP contribution in [-0.2, 0) is 29.6 Å².